The molecule has 49 heavy (non-hydrogen) atoms. The van der Waals surface area contributed by atoms with E-state index in [0.717, 1.165) is 10.5 Å². The summed E-state index contributed by atoms with van der Waals surface area (Å²) in [6, 6.07) is 37.5. The second-order valence-corrected chi connectivity index (χ2v) is 11.8. The van der Waals surface area contributed by atoms with Crippen molar-refractivity contribution in [3.05, 3.63) is 150 Å². The van der Waals surface area contributed by atoms with Gasteiger partial charge in [0.25, 0.3) is 11.8 Å². The zero-order chi connectivity index (χ0) is 34.6. The Hall–Kier alpha value is -6.00. The van der Waals surface area contributed by atoms with Crippen molar-refractivity contribution in [2.45, 2.75) is 10.1 Å². The first kappa shape index (κ1) is 34.3. The molecule has 248 valence electrons. The molecule has 3 N–H and O–H groups in total. The summed E-state index contributed by atoms with van der Waals surface area (Å²) >= 11 is 1.34. The van der Waals surface area contributed by atoms with Crippen LogP contribution in [-0.4, -0.2) is 39.1 Å². The minimum Gasteiger partial charge on any atom is -0.497 e. The van der Waals surface area contributed by atoms with E-state index in [-0.39, 0.29) is 11.6 Å². The van der Waals surface area contributed by atoms with Crippen LogP contribution in [0.2, 0.25) is 0 Å². The second kappa shape index (κ2) is 16.7. The van der Waals surface area contributed by atoms with Crippen molar-refractivity contribution >= 4 is 46.9 Å². The lowest BCUT2D eigenvalue weighted by Gasteiger charge is -2.18. The fourth-order valence-electron chi connectivity index (χ4n) is 4.81. The molecule has 10 heteroatoms. The van der Waals surface area contributed by atoms with Crippen LogP contribution in [0.4, 0.5) is 11.4 Å². The van der Waals surface area contributed by atoms with Crippen molar-refractivity contribution in [1.82, 2.24) is 5.32 Å². The molecule has 3 amide bonds. The lowest BCUT2D eigenvalue weighted by Crippen LogP contribution is -2.30. The predicted molar refractivity (Wildman–Crippen MR) is 193 cm³/mol. The van der Waals surface area contributed by atoms with E-state index in [9.17, 15) is 14.4 Å². The maximum atomic E-state index is 13.8. The highest BCUT2D eigenvalue weighted by molar-refractivity contribution is 8.00. The molecule has 0 aliphatic carbocycles. The van der Waals surface area contributed by atoms with Gasteiger partial charge in [-0.3, -0.25) is 14.4 Å². The van der Waals surface area contributed by atoms with Gasteiger partial charge in [-0.05, 0) is 84.4 Å². The van der Waals surface area contributed by atoms with Crippen molar-refractivity contribution in [2.24, 2.45) is 0 Å². The molecule has 9 nitrogen and oxygen atoms in total. The summed E-state index contributed by atoms with van der Waals surface area (Å²) in [5.74, 6) is 0.492. The Kier molecular flexibility index (Phi) is 11.7. The summed E-state index contributed by atoms with van der Waals surface area (Å²) in [5, 5.41) is 8.04. The number of benzene rings is 5. The van der Waals surface area contributed by atoms with Crippen LogP contribution >= 0.6 is 11.8 Å². The number of hydrogen-bond acceptors (Lipinski definition) is 7. The standard InChI is InChI=1S/C39H35N3O6S/c1-46-31-19-17-29(18-20-31)40-39(45)36(26-11-6-4-7-12-26)49-33-16-10-15-30(25-33)41-38(44)34(42-37(43)27-13-8-5-9-14-27)24-28-23-32(47-2)21-22-35(28)48-3/h4-25,36H,1-3H3,(H,40,45)(H,41,44)(H,42,43)/b34-24+. The van der Waals surface area contributed by atoms with E-state index in [2.05, 4.69) is 16.0 Å². The Morgan fingerprint density at radius 3 is 2.00 bits per heavy atom. The van der Waals surface area contributed by atoms with Crippen LogP contribution in [0.5, 0.6) is 17.2 Å². The molecule has 0 fully saturated rings. The van der Waals surface area contributed by atoms with Crippen molar-refractivity contribution in [3.8, 4) is 17.2 Å². The fraction of sp³-hybridized carbons (Fsp3) is 0.103. The normalized spacial score (nSPS) is 11.5. The molecule has 1 atom stereocenters. The predicted octanol–water partition coefficient (Wildman–Crippen LogP) is 7.59. The second-order valence-electron chi connectivity index (χ2n) is 10.6. The Morgan fingerprint density at radius 1 is 0.653 bits per heavy atom. The van der Waals surface area contributed by atoms with Crippen molar-refractivity contribution < 1.29 is 28.6 Å². The number of rotatable bonds is 13. The summed E-state index contributed by atoms with van der Waals surface area (Å²) < 4.78 is 16.1. The molecule has 0 spiro atoms. The van der Waals surface area contributed by atoms with E-state index < -0.39 is 17.1 Å². The number of ether oxygens (including phenoxy) is 3. The molecule has 0 aliphatic rings. The Morgan fingerprint density at radius 2 is 1.33 bits per heavy atom. The van der Waals surface area contributed by atoms with Gasteiger partial charge >= 0.3 is 0 Å². The molecule has 0 saturated carbocycles. The number of nitrogens with one attached hydrogen (secondary N) is 3. The maximum absolute atomic E-state index is 13.8. The van der Waals surface area contributed by atoms with E-state index in [1.165, 1.54) is 32.1 Å². The summed E-state index contributed by atoms with van der Waals surface area (Å²) in [4.78, 5) is 41.3. The minimum absolute atomic E-state index is 0.0144. The van der Waals surface area contributed by atoms with Crippen LogP contribution in [0, 0.1) is 0 Å². The van der Waals surface area contributed by atoms with Crippen LogP contribution in [0.15, 0.2) is 138 Å². The zero-order valence-electron chi connectivity index (χ0n) is 27.1. The van der Waals surface area contributed by atoms with Crippen LogP contribution in [0.1, 0.15) is 26.7 Å². The first-order valence-electron chi connectivity index (χ1n) is 15.2. The van der Waals surface area contributed by atoms with Crippen LogP contribution in [0.3, 0.4) is 0 Å². The lowest BCUT2D eigenvalue weighted by atomic mass is 10.1. The van der Waals surface area contributed by atoms with Crippen molar-refractivity contribution in [1.29, 1.82) is 0 Å². The third-order valence-electron chi connectivity index (χ3n) is 7.31. The number of amides is 3. The van der Waals surface area contributed by atoms with Crippen LogP contribution in [-0.2, 0) is 9.59 Å². The number of methoxy groups -OCH3 is 3. The maximum Gasteiger partial charge on any atom is 0.272 e. The van der Waals surface area contributed by atoms with E-state index in [1.54, 1.807) is 98.1 Å². The largest absolute Gasteiger partial charge is 0.497 e. The highest BCUT2D eigenvalue weighted by atomic mass is 32.2. The summed E-state index contributed by atoms with van der Waals surface area (Å²) in [5.41, 5.74) is 2.82. The van der Waals surface area contributed by atoms with E-state index in [0.29, 0.717) is 39.8 Å². The molecule has 0 aliphatic heterocycles. The van der Waals surface area contributed by atoms with Crippen LogP contribution < -0.4 is 30.2 Å². The summed E-state index contributed by atoms with van der Waals surface area (Å²) in [6.45, 7) is 0. The minimum atomic E-state index is -0.601. The Bertz CT molecular complexity index is 1930. The van der Waals surface area contributed by atoms with E-state index in [4.69, 9.17) is 14.2 Å². The van der Waals surface area contributed by atoms with Gasteiger partial charge in [0.2, 0.25) is 5.91 Å². The van der Waals surface area contributed by atoms with Gasteiger partial charge in [-0.2, -0.15) is 0 Å². The lowest BCUT2D eigenvalue weighted by molar-refractivity contribution is -0.116. The fourth-order valence-corrected chi connectivity index (χ4v) is 5.90. The van der Waals surface area contributed by atoms with Gasteiger partial charge in [0.1, 0.15) is 28.2 Å². The first-order valence-corrected chi connectivity index (χ1v) is 16.1. The number of thioether (sulfide) groups is 1. The van der Waals surface area contributed by atoms with Gasteiger partial charge in [-0.15, -0.1) is 11.8 Å². The third-order valence-corrected chi connectivity index (χ3v) is 8.56. The highest BCUT2D eigenvalue weighted by Crippen LogP contribution is 2.37. The van der Waals surface area contributed by atoms with Gasteiger partial charge in [-0.1, -0.05) is 54.6 Å². The molecule has 5 aromatic carbocycles. The van der Waals surface area contributed by atoms with Crippen LogP contribution in [0.25, 0.3) is 6.08 Å². The van der Waals surface area contributed by atoms with Crippen molar-refractivity contribution in [3.63, 3.8) is 0 Å². The molecule has 5 aromatic rings. The molecule has 0 saturated heterocycles. The summed E-state index contributed by atoms with van der Waals surface area (Å²) in [7, 11) is 4.64. The molecule has 5 rings (SSSR count). The van der Waals surface area contributed by atoms with Crippen molar-refractivity contribution in [2.75, 3.05) is 32.0 Å². The average Bonchev–Trinajstić information content (AvgIpc) is 3.14. The Labute approximate surface area is 289 Å². The molecular weight excluding hydrogens is 639 g/mol. The van der Waals surface area contributed by atoms with Gasteiger partial charge in [0, 0.05) is 27.4 Å². The molecule has 1 unspecified atom stereocenters. The number of carbonyl (C=O) groups excluding carboxylic acids is 3. The van der Waals surface area contributed by atoms with E-state index in [1.807, 2.05) is 36.4 Å². The first-order chi connectivity index (χ1) is 23.9. The van der Waals surface area contributed by atoms with Gasteiger partial charge in [0.05, 0.1) is 21.3 Å². The van der Waals surface area contributed by atoms with E-state index >= 15 is 0 Å². The average molecular weight is 674 g/mol. The molecule has 0 heterocycles. The van der Waals surface area contributed by atoms with Gasteiger partial charge in [0.15, 0.2) is 0 Å². The van der Waals surface area contributed by atoms with Gasteiger partial charge < -0.3 is 30.2 Å². The SMILES string of the molecule is COc1ccc(NC(=O)C(Sc2cccc(NC(=O)/C(=C\c3cc(OC)ccc3OC)NC(=O)c3ccccc3)c2)c2ccccc2)cc1. The highest BCUT2D eigenvalue weighted by Gasteiger charge is 2.23. The smallest absolute Gasteiger partial charge is 0.272 e. The third kappa shape index (κ3) is 9.30. The quantitative estimate of drug-likeness (QED) is 0.0872. The molecule has 0 radical (unpaired) electrons. The number of hydrogen-bond donors (Lipinski definition) is 3. The topological polar surface area (TPSA) is 115 Å². The van der Waals surface area contributed by atoms with Gasteiger partial charge in [-0.25, -0.2) is 0 Å². The summed E-state index contributed by atoms with van der Waals surface area (Å²) in [6.07, 6.45) is 1.53. The molecule has 0 aromatic heterocycles. The number of anilines is 2. The molecular formula is C39H35N3O6S. The monoisotopic (exact) mass is 673 g/mol. The zero-order valence-corrected chi connectivity index (χ0v) is 28.0. The Balaban J connectivity index is 1.40. The molecule has 0 bridgehead atoms. The number of carbonyl (C=O) groups is 3.